The van der Waals surface area contributed by atoms with Crippen molar-refractivity contribution >= 4 is 29.1 Å². The Morgan fingerprint density at radius 3 is 2.08 bits per heavy atom. The standard InChI is InChI=1S/C32H33NO6/c1-18-16-25(39-6)19(2)15-24(18)29(36)27-28(21-9-11-22(12-10-21)32(3,4)5)33(31(38)30(27)37)23-13-7-20(8-14-23)17-26(34)35/h7-16,28,36H,17H2,1-6H3,(H,34,35)/b29-27+. The van der Waals surface area contributed by atoms with E-state index in [1.54, 1.807) is 50.4 Å². The van der Waals surface area contributed by atoms with Crippen molar-refractivity contribution in [2.45, 2.75) is 52.5 Å². The number of nitrogens with zero attached hydrogens (tertiary/aromatic N) is 1. The summed E-state index contributed by atoms with van der Waals surface area (Å²) in [4.78, 5) is 39.5. The Hall–Kier alpha value is -4.39. The van der Waals surface area contributed by atoms with Gasteiger partial charge in [0.2, 0.25) is 0 Å². The first-order valence-electron chi connectivity index (χ1n) is 12.7. The molecule has 0 radical (unpaired) electrons. The molecule has 202 valence electrons. The number of aliphatic hydroxyl groups is 1. The minimum Gasteiger partial charge on any atom is -0.507 e. The number of methoxy groups -OCH3 is 1. The van der Waals surface area contributed by atoms with Gasteiger partial charge in [0.05, 0.1) is 25.1 Å². The maximum absolute atomic E-state index is 13.5. The van der Waals surface area contributed by atoms with Crippen LogP contribution in [0.25, 0.3) is 5.76 Å². The Balaban J connectivity index is 1.92. The van der Waals surface area contributed by atoms with Gasteiger partial charge in [-0.2, -0.15) is 0 Å². The van der Waals surface area contributed by atoms with Gasteiger partial charge >= 0.3 is 5.97 Å². The van der Waals surface area contributed by atoms with Gasteiger partial charge in [0.25, 0.3) is 11.7 Å². The van der Waals surface area contributed by atoms with Crippen LogP contribution in [0.4, 0.5) is 5.69 Å². The van der Waals surface area contributed by atoms with Crippen molar-refractivity contribution < 1.29 is 29.3 Å². The van der Waals surface area contributed by atoms with Gasteiger partial charge in [-0.1, -0.05) is 57.2 Å². The third kappa shape index (κ3) is 5.30. The van der Waals surface area contributed by atoms with Crippen molar-refractivity contribution in [3.05, 3.63) is 99.6 Å². The number of anilines is 1. The lowest BCUT2D eigenvalue weighted by Crippen LogP contribution is -2.29. The topological polar surface area (TPSA) is 104 Å². The van der Waals surface area contributed by atoms with E-state index in [4.69, 9.17) is 9.84 Å². The highest BCUT2D eigenvalue weighted by atomic mass is 16.5. The van der Waals surface area contributed by atoms with E-state index in [1.165, 1.54) is 4.90 Å². The molecule has 0 aromatic heterocycles. The zero-order valence-electron chi connectivity index (χ0n) is 23.0. The number of aliphatic carboxylic acids is 1. The molecular formula is C32H33NO6. The Morgan fingerprint density at radius 2 is 1.54 bits per heavy atom. The number of rotatable bonds is 6. The first-order chi connectivity index (χ1) is 18.3. The molecule has 1 amide bonds. The number of carbonyl (C=O) groups is 3. The number of benzene rings is 3. The fourth-order valence-electron chi connectivity index (χ4n) is 4.94. The Labute approximate surface area is 228 Å². The highest BCUT2D eigenvalue weighted by Crippen LogP contribution is 2.43. The van der Waals surface area contributed by atoms with Crippen LogP contribution in [0.3, 0.4) is 0 Å². The highest BCUT2D eigenvalue weighted by Gasteiger charge is 2.47. The first-order valence-corrected chi connectivity index (χ1v) is 12.7. The van der Waals surface area contributed by atoms with Crippen LogP contribution in [0.2, 0.25) is 0 Å². The number of Topliss-reactive ketones (excluding diaryl/α,β-unsaturated/α-hetero) is 1. The summed E-state index contributed by atoms with van der Waals surface area (Å²) in [5.41, 5.74) is 4.56. The zero-order valence-corrected chi connectivity index (χ0v) is 23.0. The van der Waals surface area contributed by atoms with Crippen LogP contribution in [0.5, 0.6) is 5.75 Å². The molecule has 39 heavy (non-hydrogen) atoms. The lowest BCUT2D eigenvalue weighted by molar-refractivity contribution is -0.136. The predicted octanol–water partition coefficient (Wildman–Crippen LogP) is 5.86. The number of hydrogen-bond acceptors (Lipinski definition) is 5. The third-order valence-corrected chi connectivity index (χ3v) is 7.10. The highest BCUT2D eigenvalue weighted by molar-refractivity contribution is 6.51. The quantitative estimate of drug-likeness (QED) is 0.236. The number of ketones is 1. The summed E-state index contributed by atoms with van der Waals surface area (Å²) in [5.74, 6) is -2.13. The molecule has 1 aliphatic heterocycles. The van der Waals surface area contributed by atoms with Crippen LogP contribution >= 0.6 is 0 Å². The monoisotopic (exact) mass is 527 g/mol. The second-order valence-electron chi connectivity index (χ2n) is 10.9. The molecule has 1 fully saturated rings. The second-order valence-corrected chi connectivity index (χ2v) is 10.9. The normalized spacial score (nSPS) is 17.0. The van der Waals surface area contributed by atoms with Gasteiger partial charge in [-0.05, 0) is 71.3 Å². The lowest BCUT2D eigenvalue weighted by Gasteiger charge is -2.27. The summed E-state index contributed by atoms with van der Waals surface area (Å²) in [6, 6.07) is 16.8. The van der Waals surface area contributed by atoms with Crippen molar-refractivity contribution in [1.82, 2.24) is 0 Å². The third-order valence-electron chi connectivity index (χ3n) is 7.10. The summed E-state index contributed by atoms with van der Waals surface area (Å²) in [7, 11) is 1.57. The molecule has 1 atom stereocenters. The zero-order chi connectivity index (χ0) is 28.6. The van der Waals surface area contributed by atoms with Crippen LogP contribution in [0.15, 0.2) is 66.2 Å². The van der Waals surface area contributed by atoms with E-state index < -0.39 is 23.7 Å². The Morgan fingerprint density at radius 1 is 0.923 bits per heavy atom. The molecule has 3 aromatic rings. The van der Waals surface area contributed by atoms with Crippen molar-refractivity contribution in [2.75, 3.05) is 12.0 Å². The molecule has 1 heterocycles. The Kier molecular flexibility index (Phi) is 7.37. The molecule has 7 nitrogen and oxygen atoms in total. The number of amides is 1. The smallest absolute Gasteiger partial charge is 0.307 e. The van der Waals surface area contributed by atoms with Crippen LogP contribution in [-0.4, -0.2) is 35.0 Å². The number of carbonyl (C=O) groups excluding carboxylic acids is 2. The summed E-state index contributed by atoms with van der Waals surface area (Å²) in [5, 5.41) is 20.7. The van der Waals surface area contributed by atoms with Gasteiger partial charge < -0.3 is 14.9 Å². The van der Waals surface area contributed by atoms with Crippen molar-refractivity contribution in [2.24, 2.45) is 0 Å². The molecule has 7 heteroatoms. The van der Waals surface area contributed by atoms with E-state index in [-0.39, 0.29) is 23.2 Å². The second kappa shape index (κ2) is 10.4. The fraction of sp³-hybridized carbons (Fsp3) is 0.281. The summed E-state index contributed by atoms with van der Waals surface area (Å²) in [6.45, 7) is 9.95. The SMILES string of the molecule is COc1cc(C)c(/C(O)=C2\C(=O)C(=O)N(c3ccc(CC(=O)O)cc3)C2c2ccc(C(C)(C)C)cc2)cc1C. The summed E-state index contributed by atoms with van der Waals surface area (Å²) in [6.07, 6.45) is -0.160. The summed E-state index contributed by atoms with van der Waals surface area (Å²) >= 11 is 0. The summed E-state index contributed by atoms with van der Waals surface area (Å²) < 4.78 is 5.40. The molecule has 4 rings (SSSR count). The molecular weight excluding hydrogens is 494 g/mol. The number of ether oxygens (including phenoxy) is 1. The number of hydrogen-bond donors (Lipinski definition) is 2. The molecule has 3 aromatic carbocycles. The molecule has 0 aliphatic carbocycles. The molecule has 0 bridgehead atoms. The Bertz CT molecular complexity index is 1480. The lowest BCUT2D eigenvalue weighted by atomic mass is 9.85. The molecule has 0 saturated carbocycles. The van der Waals surface area contributed by atoms with E-state index in [9.17, 15) is 19.5 Å². The molecule has 1 unspecified atom stereocenters. The van der Waals surface area contributed by atoms with E-state index in [1.807, 2.05) is 31.2 Å². The first kappa shape index (κ1) is 27.6. The molecule has 0 spiro atoms. The van der Waals surface area contributed by atoms with E-state index in [0.29, 0.717) is 33.7 Å². The van der Waals surface area contributed by atoms with Gasteiger partial charge in [0.1, 0.15) is 11.5 Å². The maximum atomic E-state index is 13.5. The predicted molar refractivity (Wildman–Crippen MR) is 150 cm³/mol. The number of aryl methyl sites for hydroxylation is 2. The van der Waals surface area contributed by atoms with Gasteiger partial charge in [-0.25, -0.2) is 0 Å². The average Bonchev–Trinajstić information content (AvgIpc) is 3.14. The molecule has 2 N–H and O–H groups in total. The van der Waals surface area contributed by atoms with Gasteiger partial charge in [0, 0.05) is 11.3 Å². The number of carboxylic acids is 1. The fourth-order valence-corrected chi connectivity index (χ4v) is 4.94. The van der Waals surface area contributed by atoms with Crippen molar-refractivity contribution in [3.63, 3.8) is 0 Å². The van der Waals surface area contributed by atoms with Crippen molar-refractivity contribution in [1.29, 1.82) is 0 Å². The van der Waals surface area contributed by atoms with Crippen LogP contribution in [0.1, 0.15) is 60.2 Å². The van der Waals surface area contributed by atoms with E-state index in [0.717, 1.165) is 11.1 Å². The van der Waals surface area contributed by atoms with Crippen LogP contribution < -0.4 is 9.64 Å². The van der Waals surface area contributed by atoms with Gasteiger partial charge in [0.15, 0.2) is 0 Å². The minimum atomic E-state index is -0.965. The average molecular weight is 528 g/mol. The van der Waals surface area contributed by atoms with E-state index in [2.05, 4.69) is 20.8 Å². The molecule has 1 aliphatic rings. The maximum Gasteiger partial charge on any atom is 0.307 e. The largest absolute Gasteiger partial charge is 0.507 e. The van der Waals surface area contributed by atoms with E-state index >= 15 is 0 Å². The molecule has 1 saturated heterocycles. The van der Waals surface area contributed by atoms with Crippen LogP contribution in [-0.2, 0) is 26.2 Å². The van der Waals surface area contributed by atoms with Crippen LogP contribution in [0, 0.1) is 13.8 Å². The number of aliphatic hydroxyl groups excluding tert-OH is 1. The van der Waals surface area contributed by atoms with Gasteiger partial charge in [-0.3, -0.25) is 19.3 Å². The van der Waals surface area contributed by atoms with Crippen molar-refractivity contribution in [3.8, 4) is 5.75 Å². The minimum absolute atomic E-state index is 0.00853. The number of carboxylic acid groups (broad SMARTS) is 1. The van der Waals surface area contributed by atoms with Gasteiger partial charge in [-0.15, -0.1) is 0 Å².